The summed E-state index contributed by atoms with van der Waals surface area (Å²) in [6.45, 7) is 0. The Morgan fingerprint density at radius 3 is 2.56 bits per heavy atom. The Labute approximate surface area is 186 Å². The molecule has 158 valence electrons. The number of halogens is 2. The monoisotopic (exact) mass is 447 g/mol. The molecule has 0 bridgehead atoms. The van der Waals surface area contributed by atoms with E-state index in [0.29, 0.717) is 27.2 Å². The van der Waals surface area contributed by atoms with Crippen molar-refractivity contribution in [2.45, 2.75) is 6.04 Å². The molecule has 1 saturated heterocycles. The van der Waals surface area contributed by atoms with Crippen LogP contribution < -0.4 is 4.90 Å². The molecule has 1 fully saturated rings. The summed E-state index contributed by atoms with van der Waals surface area (Å²) in [5.41, 5.74) is 1.63. The predicted molar refractivity (Wildman–Crippen MR) is 119 cm³/mol. The molecule has 2 heterocycles. The third-order valence-corrected chi connectivity index (χ3v) is 5.55. The van der Waals surface area contributed by atoms with E-state index in [1.807, 2.05) is 0 Å². The number of benzene rings is 3. The van der Waals surface area contributed by atoms with Gasteiger partial charge in [-0.1, -0.05) is 54.1 Å². The van der Waals surface area contributed by atoms with E-state index in [1.54, 1.807) is 48.5 Å². The lowest BCUT2D eigenvalue weighted by atomic mass is 9.95. The molecule has 5 rings (SSSR count). The van der Waals surface area contributed by atoms with E-state index in [0.717, 1.165) is 0 Å². The van der Waals surface area contributed by atoms with Gasteiger partial charge in [0.1, 0.15) is 11.6 Å². The number of nitrogens with zero attached hydrogens (tertiary/aromatic N) is 2. The molecule has 6 nitrogen and oxygen atoms in total. The average molecular weight is 448 g/mol. The number of rotatable bonds is 3. The zero-order chi connectivity index (χ0) is 22.4. The van der Waals surface area contributed by atoms with Crippen molar-refractivity contribution in [3.63, 3.8) is 0 Å². The minimum atomic E-state index is -0.944. The number of fused-ring (bicyclic) bond motifs is 1. The maximum atomic E-state index is 13.7. The van der Waals surface area contributed by atoms with Gasteiger partial charge in [-0.05, 0) is 35.9 Å². The van der Waals surface area contributed by atoms with E-state index in [1.165, 1.54) is 29.2 Å². The van der Waals surface area contributed by atoms with Gasteiger partial charge in [-0.2, -0.15) is 0 Å². The van der Waals surface area contributed by atoms with Gasteiger partial charge in [0.15, 0.2) is 0 Å². The van der Waals surface area contributed by atoms with Crippen molar-refractivity contribution in [3.05, 3.63) is 100 Å². The largest absolute Gasteiger partial charge is 0.507 e. The minimum absolute atomic E-state index is 0.0756. The summed E-state index contributed by atoms with van der Waals surface area (Å²) in [5, 5.41) is 11.4. The topological polar surface area (TPSA) is 86.3 Å². The second-order valence-corrected chi connectivity index (χ2v) is 7.75. The summed E-state index contributed by atoms with van der Waals surface area (Å²) in [6.07, 6.45) is 0. The van der Waals surface area contributed by atoms with Gasteiger partial charge in [0, 0.05) is 10.6 Å². The molecule has 0 radical (unpaired) electrons. The fourth-order valence-corrected chi connectivity index (χ4v) is 4.07. The Balaban J connectivity index is 1.73. The first kappa shape index (κ1) is 20.0. The van der Waals surface area contributed by atoms with Crippen LogP contribution in [0.1, 0.15) is 17.2 Å². The normalized spacial score (nSPS) is 17.9. The van der Waals surface area contributed by atoms with Gasteiger partial charge in [-0.15, -0.1) is 0 Å². The Morgan fingerprint density at radius 2 is 1.81 bits per heavy atom. The standard InChI is InChI=1S/C24H15ClFN3O3/c25-15-8-4-7-14(11-15)21(30)19-20(13-5-2-1-3-6-13)29(23(32)22(19)31)24-27-17-10-9-16(26)12-18(17)28-24/h1-12,20,30H,(H,27,28)/b21-19+. The van der Waals surface area contributed by atoms with Gasteiger partial charge in [-0.25, -0.2) is 9.37 Å². The van der Waals surface area contributed by atoms with Crippen LogP contribution in [0, 0.1) is 5.82 Å². The molecule has 1 atom stereocenters. The number of nitrogens with one attached hydrogen (secondary N) is 1. The smallest absolute Gasteiger partial charge is 0.302 e. The number of hydrogen-bond donors (Lipinski definition) is 2. The van der Waals surface area contributed by atoms with Crippen LogP contribution >= 0.6 is 11.6 Å². The Hall–Kier alpha value is -3.97. The van der Waals surface area contributed by atoms with Gasteiger partial charge in [0.05, 0.1) is 22.6 Å². The number of hydrogen-bond acceptors (Lipinski definition) is 4. The SMILES string of the molecule is O=C1C(=O)N(c2nc3ccc(F)cc3[nH]2)C(c2ccccc2)/C1=C(\O)c1cccc(Cl)c1. The average Bonchev–Trinajstić information content (AvgIpc) is 3.32. The molecule has 1 amide bonds. The Kier molecular flexibility index (Phi) is 4.75. The third-order valence-electron chi connectivity index (χ3n) is 5.32. The van der Waals surface area contributed by atoms with Crippen LogP contribution in [0.3, 0.4) is 0 Å². The molecule has 0 aliphatic carbocycles. The summed E-state index contributed by atoms with van der Waals surface area (Å²) in [6, 6.07) is 18.3. The number of carbonyl (C=O) groups is 2. The van der Waals surface area contributed by atoms with Gasteiger partial charge in [-0.3, -0.25) is 14.5 Å². The number of aliphatic hydroxyl groups is 1. The maximum Gasteiger partial charge on any atom is 0.302 e. The summed E-state index contributed by atoms with van der Waals surface area (Å²) in [5.74, 6) is -2.45. The van der Waals surface area contributed by atoms with Crippen molar-refractivity contribution in [3.8, 4) is 0 Å². The zero-order valence-corrected chi connectivity index (χ0v) is 17.2. The highest BCUT2D eigenvalue weighted by atomic mass is 35.5. The highest BCUT2D eigenvalue weighted by Gasteiger charge is 2.48. The molecule has 1 aliphatic heterocycles. The first-order chi connectivity index (χ1) is 15.4. The highest BCUT2D eigenvalue weighted by molar-refractivity contribution is 6.51. The lowest BCUT2D eigenvalue weighted by Gasteiger charge is -2.23. The molecular weight excluding hydrogens is 433 g/mol. The van der Waals surface area contributed by atoms with E-state index in [2.05, 4.69) is 9.97 Å². The molecular formula is C24H15ClFN3O3. The molecule has 0 saturated carbocycles. The second kappa shape index (κ2) is 7.62. The van der Waals surface area contributed by atoms with Crippen molar-refractivity contribution in [1.82, 2.24) is 9.97 Å². The molecule has 32 heavy (non-hydrogen) atoms. The lowest BCUT2D eigenvalue weighted by molar-refractivity contribution is -0.132. The van der Waals surface area contributed by atoms with E-state index in [4.69, 9.17) is 11.6 Å². The number of ketones is 1. The molecule has 4 aromatic rings. The zero-order valence-electron chi connectivity index (χ0n) is 16.4. The van der Waals surface area contributed by atoms with Crippen molar-refractivity contribution in [1.29, 1.82) is 0 Å². The summed E-state index contributed by atoms with van der Waals surface area (Å²) in [7, 11) is 0. The number of Topliss-reactive ketones (excluding diaryl/α,β-unsaturated/α-hetero) is 1. The number of amides is 1. The van der Waals surface area contributed by atoms with Gasteiger partial charge in [0.25, 0.3) is 5.78 Å². The lowest BCUT2D eigenvalue weighted by Crippen LogP contribution is -2.30. The van der Waals surface area contributed by atoms with E-state index in [9.17, 15) is 19.1 Å². The molecule has 1 aromatic heterocycles. The highest BCUT2D eigenvalue weighted by Crippen LogP contribution is 2.41. The van der Waals surface area contributed by atoms with Crippen molar-refractivity contribution in [2.24, 2.45) is 0 Å². The first-order valence-electron chi connectivity index (χ1n) is 9.71. The number of aromatic nitrogens is 2. The Bertz CT molecular complexity index is 1410. The number of anilines is 1. The van der Waals surface area contributed by atoms with Crippen molar-refractivity contribution >= 4 is 46.0 Å². The molecule has 3 aromatic carbocycles. The van der Waals surface area contributed by atoms with Gasteiger partial charge in [0.2, 0.25) is 5.95 Å². The third kappa shape index (κ3) is 3.23. The molecule has 1 unspecified atom stereocenters. The van der Waals surface area contributed by atoms with E-state index >= 15 is 0 Å². The van der Waals surface area contributed by atoms with Crippen LogP contribution in [0.2, 0.25) is 5.02 Å². The molecule has 2 N–H and O–H groups in total. The fourth-order valence-electron chi connectivity index (χ4n) is 3.88. The Morgan fingerprint density at radius 1 is 1.03 bits per heavy atom. The second-order valence-electron chi connectivity index (χ2n) is 7.31. The number of H-pyrrole nitrogens is 1. The van der Waals surface area contributed by atoms with Crippen molar-refractivity contribution in [2.75, 3.05) is 4.90 Å². The molecule has 8 heteroatoms. The number of aliphatic hydroxyl groups excluding tert-OH is 1. The maximum absolute atomic E-state index is 13.7. The van der Waals surface area contributed by atoms with Crippen LogP contribution in [0.5, 0.6) is 0 Å². The van der Waals surface area contributed by atoms with Gasteiger partial charge >= 0.3 is 5.91 Å². The van der Waals surface area contributed by atoms with E-state index < -0.39 is 23.5 Å². The number of carbonyl (C=O) groups excluding carboxylic acids is 2. The summed E-state index contributed by atoms with van der Waals surface area (Å²) < 4.78 is 13.7. The number of imidazole rings is 1. The summed E-state index contributed by atoms with van der Waals surface area (Å²) in [4.78, 5) is 34.7. The molecule has 1 aliphatic rings. The molecule has 0 spiro atoms. The van der Waals surface area contributed by atoms with Crippen molar-refractivity contribution < 1.29 is 19.1 Å². The van der Waals surface area contributed by atoms with E-state index in [-0.39, 0.29) is 17.3 Å². The first-order valence-corrected chi connectivity index (χ1v) is 10.1. The van der Waals surface area contributed by atoms with Crippen LogP contribution in [-0.4, -0.2) is 26.8 Å². The predicted octanol–water partition coefficient (Wildman–Crippen LogP) is 4.98. The van der Waals surface area contributed by atoms with Crippen LogP contribution in [0.4, 0.5) is 10.3 Å². The fraction of sp³-hybridized carbons (Fsp3) is 0.0417. The van der Waals surface area contributed by atoms with Gasteiger partial charge < -0.3 is 10.1 Å². The van der Waals surface area contributed by atoms with Crippen LogP contribution in [-0.2, 0) is 9.59 Å². The van der Waals surface area contributed by atoms with Crippen LogP contribution in [0.15, 0.2) is 78.4 Å². The van der Waals surface area contributed by atoms with Crippen LogP contribution in [0.25, 0.3) is 16.8 Å². The quantitative estimate of drug-likeness (QED) is 0.263. The summed E-state index contributed by atoms with van der Waals surface area (Å²) >= 11 is 6.05. The number of aromatic amines is 1. The minimum Gasteiger partial charge on any atom is -0.507 e.